The Kier molecular flexibility index (Phi) is 8.47. The first kappa shape index (κ1) is 22.1. The Balaban J connectivity index is 1.69. The Morgan fingerprint density at radius 2 is 1.87 bits per heavy atom. The highest BCUT2D eigenvalue weighted by molar-refractivity contribution is 5.83. The first-order valence-corrected chi connectivity index (χ1v) is 10.5. The fourth-order valence-electron chi connectivity index (χ4n) is 3.79. The van der Waals surface area contributed by atoms with Crippen molar-refractivity contribution in [1.29, 1.82) is 0 Å². The normalized spacial score (nSPS) is 15.4. The number of pyridine rings is 1. The summed E-state index contributed by atoms with van der Waals surface area (Å²) in [6, 6.07) is 8.95. The highest BCUT2D eigenvalue weighted by Crippen LogP contribution is 2.30. The van der Waals surface area contributed by atoms with Crippen molar-refractivity contribution in [2.24, 2.45) is 5.92 Å². The van der Waals surface area contributed by atoms with Crippen molar-refractivity contribution in [2.45, 2.75) is 31.8 Å². The third kappa shape index (κ3) is 6.18. The number of nitrogens with zero attached hydrogens (tertiary/aromatic N) is 1. The molecule has 1 aromatic heterocycles. The van der Waals surface area contributed by atoms with Gasteiger partial charge in [0.2, 0.25) is 5.91 Å². The first-order chi connectivity index (χ1) is 14.7. The first-order valence-electron chi connectivity index (χ1n) is 10.5. The molecular weight excluding hydrogens is 380 g/mol. The summed E-state index contributed by atoms with van der Waals surface area (Å²) in [4.78, 5) is 17.1. The SMILES string of the molecule is COc1ccc(C(NCCC2CCNCC2)C(=O)NCc2ccncc2)cc1OC. The third-order valence-corrected chi connectivity index (χ3v) is 5.58. The second kappa shape index (κ2) is 11.5. The van der Waals surface area contributed by atoms with Crippen LogP contribution in [0.1, 0.15) is 36.4 Å². The van der Waals surface area contributed by atoms with E-state index in [0.717, 1.165) is 37.2 Å². The topological polar surface area (TPSA) is 84.5 Å². The zero-order valence-electron chi connectivity index (χ0n) is 17.8. The van der Waals surface area contributed by atoms with Gasteiger partial charge in [-0.3, -0.25) is 9.78 Å². The number of ether oxygens (including phenoxy) is 2. The fourth-order valence-corrected chi connectivity index (χ4v) is 3.79. The molecule has 7 heteroatoms. The van der Waals surface area contributed by atoms with Crippen molar-refractivity contribution in [3.63, 3.8) is 0 Å². The Morgan fingerprint density at radius 1 is 1.13 bits per heavy atom. The van der Waals surface area contributed by atoms with E-state index in [0.29, 0.717) is 24.0 Å². The average Bonchev–Trinajstić information content (AvgIpc) is 2.81. The Bertz CT molecular complexity index is 794. The maximum atomic E-state index is 13.1. The Morgan fingerprint density at radius 3 is 2.57 bits per heavy atom. The molecule has 1 fully saturated rings. The van der Waals surface area contributed by atoms with Crippen LogP contribution in [0.4, 0.5) is 0 Å². The molecule has 1 aliphatic heterocycles. The summed E-state index contributed by atoms with van der Waals surface area (Å²) in [5, 5.41) is 9.91. The van der Waals surface area contributed by atoms with Crippen LogP contribution in [-0.2, 0) is 11.3 Å². The van der Waals surface area contributed by atoms with Gasteiger partial charge in [0.15, 0.2) is 11.5 Å². The molecule has 2 heterocycles. The molecule has 0 spiro atoms. The van der Waals surface area contributed by atoms with Gasteiger partial charge in [0.05, 0.1) is 14.2 Å². The third-order valence-electron chi connectivity index (χ3n) is 5.58. The van der Waals surface area contributed by atoms with Crippen LogP contribution in [-0.4, -0.2) is 44.7 Å². The Labute approximate surface area is 178 Å². The molecule has 1 amide bonds. The van der Waals surface area contributed by atoms with E-state index < -0.39 is 6.04 Å². The number of aromatic nitrogens is 1. The highest BCUT2D eigenvalue weighted by atomic mass is 16.5. The molecule has 7 nitrogen and oxygen atoms in total. The number of amides is 1. The van der Waals surface area contributed by atoms with Crippen molar-refractivity contribution in [1.82, 2.24) is 20.9 Å². The van der Waals surface area contributed by atoms with Crippen molar-refractivity contribution < 1.29 is 14.3 Å². The average molecular weight is 413 g/mol. The minimum Gasteiger partial charge on any atom is -0.493 e. The lowest BCUT2D eigenvalue weighted by Crippen LogP contribution is -2.38. The molecule has 1 unspecified atom stereocenters. The van der Waals surface area contributed by atoms with Gasteiger partial charge in [-0.05, 0) is 80.2 Å². The molecule has 0 aliphatic carbocycles. The van der Waals surface area contributed by atoms with Gasteiger partial charge >= 0.3 is 0 Å². The van der Waals surface area contributed by atoms with E-state index in [1.807, 2.05) is 30.3 Å². The van der Waals surface area contributed by atoms with Gasteiger partial charge in [0, 0.05) is 18.9 Å². The number of nitrogens with one attached hydrogen (secondary N) is 3. The minimum atomic E-state index is -0.464. The maximum Gasteiger partial charge on any atom is 0.242 e. The lowest BCUT2D eigenvalue weighted by Gasteiger charge is -2.25. The molecule has 3 N–H and O–H groups in total. The predicted molar refractivity (Wildman–Crippen MR) is 117 cm³/mol. The number of piperidine rings is 1. The molecule has 2 aromatic rings. The summed E-state index contributed by atoms with van der Waals surface area (Å²) in [7, 11) is 3.21. The summed E-state index contributed by atoms with van der Waals surface area (Å²) in [5.41, 5.74) is 1.87. The molecule has 1 aromatic carbocycles. The standard InChI is InChI=1S/C23H32N4O3/c1-29-20-4-3-19(15-21(20)30-2)22(26-14-9-17-5-10-24-11-6-17)23(28)27-16-18-7-12-25-13-8-18/h3-4,7-8,12-13,15,17,22,24,26H,5-6,9-11,14,16H2,1-2H3,(H,27,28). The van der Waals surface area contributed by atoms with E-state index in [2.05, 4.69) is 20.9 Å². The summed E-state index contributed by atoms with van der Waals surface area (Å²) >= 11 is 0. The summed E-state index contributed by atoms with van der Waals surface area (Å²) in [6.45, 7) is 3.40. The van der Waals surface area contributed by atoms with Crippen molar-refractivity contribution in [2.75, 3.05) is 33.9 Å². The van der Waals surface area contributed by atoms with Crippen molar-refractivity contribution >= 4 is 5.91 Å². The predicted octanol–water partition coefficient (Wildman–Crippen LogP) is 2.44. The van der Waals surface area contributed by atoms with E-state index in [1.165, 1.54) is 12.8 Å². The van der Waals surface area contributed by atoms with Gasteiger partial charge < -0.3 is 25.4 Å². The van der Waals surface area contributed by atoms with Crippen LogP contribution in [0.2, 0.25) is 0 Å². The minimum absolute atomic E-state index is 0.0654. The number of methoxy groups -OCH3 is 2. The number of carbonyl (C=O) groups is 1. The number of rotatable bonds is 10. The quantitative estimate of drug-likeness (QED) is 0.556. The molecular formula is C23H32N4O3. The maximum absolute atomic E-state index is 13.1. The zero-order chi connectivity index (χ0) is 21.2. The van der Waals surface area contributed by atoms with Gasteiger partial charge in [-0.1, -0.05) is 6.07 Å². The van der Waals surface area contributed by atoms with Crippen LogP contribution in [0.15, 0.2) is 42.7 Å². The molecule has 0 saturated carbocycles. The van der Waals surface area contributed by atoms with Crippen LogP contribution in [0, 0.1) is 5.92 Å². The molecule has 1 aliphatic rings. The summed E-state index contributed by atoms with van der Waals surface area (Å²) in [5.74, 6) is 1.89. The zero-order valence-corrected chi connectivity index (χ0v) is 17.8. The summed E-state index contributed by atoms with van der Waals surface area (Å²) < 4.78 is 10.8. The molecule has 30 heavy (non-hydrogen) atoms. The molecule has 1 saturated heterocycles. The highest BCUT2D eigenvalue weighted by Gasteiger charge is 2.22. The van der Waals surface area contributed by atoms with Crippen LogP contribution in [0.25, 0.3) is 0 Å². The Hall–Kier alpha value is -2.64. The second-order valence-corrected chi connectivity index (χ2v) is 7.56. The van der Waals surface area contributed by atoms with E-state index in [1.54, 1.807) is 26.6 Å². The van der Waals surface area contributed by atoms with Crippen LogP contribution in [0.5, 0.6) is 11.5 Å². The number of hydrogen-bond donors (Lipinski definition) is 3. The van der Waals surface area contributed by atoms with Crippen LogP contribution >= 0.6 is 0 Å². The van der Waals surface area contributed by atoms with Crippen LogP contribution in [0.3, 0.4) is 0 Å². The van der Waals surface area contributed by atoms with Crippen LogP contribution < -0.4 is 25.4 Å². The van der Waals surface area contributed by atoms with Gasteiger partial charge in [0.25, 0.3) is 0 Å². The number of carbonyl (C=O) groups excluding carboxylic acids is 1. The van der Waals surface area contributed by atoms with E-state index in [4.69, 9.17) is 9.47 Å². The lowest BCUT2D eigenvalue weighted by molar-refractivity contribution is -0.123. The van der Waals surface area contributed by atoms with Gasteiger partial charge in [-0.2, -0.15) is 0 Å². The largest absolute Gasteiger partial charge is 0.493 e. The molecule has 3 rings (SSSR count). The fraction of sp³-hybridized carbons (Fsp3) is 0.478. The van der Waals surface area contributed by atoms with E-state index in [9.17, 15) is 4.79 Å². The van der Waals surface area contributed by atoms with Gasteiger partial charge in [-0.25, -0.2) is 0 Å². The van der Waals surface area contributed by atoms with Gasteiger partial charge in [0.1, 0.15) is 6.04 Å². The second-order valence-electron chi connectivity index (χ2n) is 7.56. The van der Waals surface area contributed by atoms with Crippen molar-refractivity contribution in [3.8, 4) is 11.5 Å². The molecule has 0 bridgehead atoms. The monoisotopic (exact) mass is 412 g/mol. The molecule has 162 valence electrons. The van der Waals surface area contributed by atoms with Crippen molar-refractivity contribution in [3.05, 3.63) is 53.9 Å². The van der Waals surface area contributed by atoms with Gasteiger partial charge in [-0.15, -0.1) is 0 Å². The smallest absolute Gasteiger partial charge is 0.242 e. The number of benzene rings is 1. The lowest BCUT2D eigenvalue weighted by atomic mass is 9.94. The molecule has 1 atom stereocenters. The molecule has 0 radical (unpaired) electrons. The van der Waals surface area contributed by atoms with E-state index >= 15 is 0 Å². The summed E-state index contributed by atoms with van der Waals surface area (Å²) in [6.07, 6.45) is 6.90. The number of hydrogen-bond acceptors (Lipinski definition) is 6. The van der Waals surface area contributed by atoms with E-state index in [-0.39, 0.29) is 5.91 Å².